The summed E-state index contributed by atoms with van der Waals surface area (Å²) in [5, 5.41) is 8.62. The van der Waals surface area contributed by atoms with Crippen LogP contribution in [0.4, 0.5) is 0 Å². The fraction of sp³-hybridized carbons (Fsp3) is 0.923. The number of ether oxygens (including phenoxy) is 1. The minimum atomic E-state index is -0.885. The molecule has 0 spiro atoms. The average Bonchev–Trinajstić information content (AvgIpc) is 2.35. The van der Waals surface area contributed by atoms with Crippen LogP contribution in [-0.2, 0) is 9.53 Å². The van der Waals surface area contributed by atoms with Gasteiger partial charge in [0.2, 0.25) is 0 Å². The van der Waals surface area contributed by atoms with E-state index in [1.807, 2.05) is 0 Å². The van der Waals surface area contributed by atoms with Crippen molar-refractivity contribution >= 4 is 5.97 Å². The van der Waals surface area contributed by atoms with Crippen LogP contribution in [-0.4, -0.2) is 30.3 Å². The summed E-state index contributed by atoms with van der Waals surface area (Å²) >= 11 is 0. The van der Waals surface area contributed by atoms with Crippen molar-refractivity contribution in [2.75, 3.05) is 13.2 Å². The van der Waals surface area contributed by atoms with Crippen LogP contribution < -0.4 is 5.73 Å². The number of unbranched alkanes of at least 4 members (excludes halogenated alkanes) is 7. The molecule has 4 nitrogen and oxygen atoms in total. The number of nitrogens with two attached hydrogens (primary N) is 1. The van der Waals surface area contributed by atoms with Crippen LogP contribution >= 0.6 is 0 Å². The quantitative estimate of drug-likeness (QED) is 0.431. The lowest BCUT2D eigenvalue weighted by Gasteiger charge is -2.08. The lowest BCUT2D eigenvalue weighted by atomic mass is 10.1. The Morgan fingerprint density at radius 1 is 1.12 bits per heavy atom. The molecule has 0 aromatic carbocycles. The Bertz CT molecular complexity index is 186. The van der Waals surface area contributed by atoms with Crippen LogP contribution in [0.15, 0.2) is 0 Å². The Hall–Kier alpha value is -0.610. The molecule has 0 amide bonds. The van der Waals surface area contributed by atoms with Crippen LogP contribution in [0.3, 0.4) is 0 Å². The zero-order chi connectivity index (χ0) is 12.9. The van der Waals surface area contributed by atoms with Crippen molar-refractivity contribution in [3.8, 4) is 0 Å². The van der Waals surface area contributed by atoms with Gasteiger partial charge >= 0.3 is 5.97 Å². The second-order valence-corrected chi connectivity index (χ2v) is 4.43. The molecule has 102 valence electrons. The molecular formula is C13H27NO3. The highest BCUT2D eigenvalue weighted by atomic mass is 16.5. The largest absolute Gasteiger partial charge is 0.464 e. The van der Waals surface area contributed by atoms with E-state index in [1.54, 1.807) is 0 Å². The van der Waals surface area contributed by atoms with Gasteiger partial charge in [-0.05, 0) is 6.42 Å². The zero-order valence-corrected chi connectivity index (χ0v) is 11.0. The van der Waals surface area contributed by atoms with Crippen molar-refractivity contribution in [3.63, 3.8) is 0 Å². The van der Waals surface area contributed by atoms with Crippen LogP contribution in [0.5, 0.6) is 0 Å². The summed E-state index contributed by atoms with van der Waals surface area (Å²) in [5.41, 5.74) is 5.30. The Kier molecular flexibility index (Phi) is 11.4. The number of esters is 1. The molecule has 0 unspecified atom stereocenters. The highest BCUT2D eigenvalue weighted by Crippen LogP contribution is 2.08. The Labute approximate surface area is 105 Å². The van der Waals surface area contributed by atoms with Crippen molar-refractivity contribution in [1.29, 1.82) is 0 Å². The number of carbonyl (C=O) groups excluding carboxylic acids is 1. The maximum Gasteiger partial charge on any atom is 0.325 e. The molecular weight excluding hydrogens is 218 g/mol. The summed E-state index contributed by atoms with van der Waals surface area (Å²) in [6, 6.07) is -0.885. The van der Waals surface area contributed by atoms with Gasteiger partial charge in [0.25, 0.3) is 0 Å². The van der Waals surface area contributed by atoms with E-state index in [1.165, 1.54) is 38.5 Å². The summed E-state index contributed by atoms with van der Waals surface area (Å²) < 4.78 is 4.92. The summed E-state index contributed by atoms with van der Waals surface area (Å²) in [6.07, 6.45) is 9.69. The summed E-state index contributed by atoms with van der Waals surface area (Å²) in [6.45, 7) is 2.28. The Balaban J connectivity index is 3.16. The normalized spacial score (nSPS) is 12.4. The fourth-order valence-corrected chi connectivity index (χ4v) is 1.59. The predicted octanol–water partition coefficient (Wildman–Crippen LogP) is 1.99. The third-order valence-electron chi connectivity index (χ3n) is 2.74. The van der Waals surface area contributed by atoms with E-state index < -0.39 is 12.0 Å². The van der Waals surface area contributed by atoms with E-state index in [0.29, 0.717) is 6.61 Å². The van der Waals surface area contributed by atoms with Crippen molar-refractivity contribution in [2.45, 2.75) is 64.3 Å². The minimum Gasteiger partial charge on any atom is -0.464 e. The summed E-state index contributed by atoms with van der Waals surface area (Å²) in [4.78, 5) is 11.1. The molecule has 0 aliphatic carbocycles. The predicted molar refractivity (Wildman–Crippen MR) is 68.6 cm³/mol. The maximum atomic E-state index is 11.1. The number of hydrogen-bond donors (Lipinski definition) is 2. The van der Waals surface area contributed by atoms with Crippen LogP contribution in [0.1, 0.15) is 58.3 Å². The lowest BCUT2D eigenvalue weighted by Crippen LogP contribution is -2.35. The van der Waals surface area contributed by atoms with Gasteiger partial charge in [-0.15, -0.1) is 0 Å². The van der Waals surface area contributed by atoms with Gasteiger partial charge in [0.1, 0.15) is 6.04 Å². The molecule has 0 aliphatic rings. The second-order valence-electron chi connectivity index (χ2n) is 4.43. The molecule has 0 bridgehead atoms. The number of rotatable bonds is 11. The molecule has 4 heteroatoms. The second kappa shape index (κ2) is 11.9. The van der Waals surface area contributed by atoms with Crippen molar-refractivity contribution in [2.24, 2.45) is 5.73 Å². The molecule has 17 heavy (non-hydrogen) atoms. The zero-order valence-electron chi connectivity index (χ0n) is 11.0. The highest BCUT2D eigenvalue weighted by Gasteiger charge is 2.12. The van der Waals surface area contributed by atoms with Gasteiger partial charge in [0.05, 0.1) is 13.2 Å². The van der Waals surface area contributed by atoms with Crippen molar-refractivity contribution in [1.82, 2.24) is 0 Å². The molecule has 0 radical (unpaired) electrons. The molecule has 3 N–H and O–H groups in total. The first-order valence-electron chi connectivity index (χ1n) is 6.75. The molecule has 0 fully saturated rings. The summed E-state index contributed by atoms with van der Waals surface area (Å²) in [7, 11) is 0. The smallest absolute Gasteiger partial charge is 0.325 e. The number of aliphatic hydroxyl groups is 1. The number of hydrogen-bond acceptors (Lipinski definition) is 4. The van der Waals surface area contributed by atoms with E-state index in [-0.39, 0.29) is 6.61 Å². The minimum absolute atomic E-state index is 0.351. The van der Waals surface area contributed by atoms with Gasteiger partial charge < -0.3 is 15.6 Å². The van der Waals surface area contributed by atoms with Gasteiger partial charge in [0.15, 0.2) is 0 Å². The molecule has 0 saturated heterocycles. The molecule has 0 saturated carbocycles. The molecule has 0 aromatic heterocycles. The van der Waals surface area contributed by atoms with Crippen molar-refractivity contribution < 1.29 is 14.6 Å². The van der Waals surface area contributed by atoms with Crippen LogP contribution in [0, 0.1) is 0 Å². The van der Waals surface area contributed by atoms with Gasteiger partial charge in [-0.25, -0.2) is 0 Å². The third-order valence-corrected chi connectivity index (χ3v) is 2.74. The summed E-state index contributed by atoms with van der Waals surface area (Å²) in [5.74, 6) is -0.504. The van der Waals surface area contributed by atoms with Gasteiger partial charge in [0, 0.05) is 0 Å². The monoisotopic (exact) mass is 245 g/mol. The topological polar surface area (TPSA) is 72.5 Å². The van der Waals surface area contributed by atoms with E-state index in [4.69, 9.17) is 15.6 Å². The van der Waals surface area contributed by atoms with Crippen molar-refractivity contribution in [3.05, 3.63) is 0 Å². The first-order chi connectivity index (χ1) is 8.22. The van der Waals surface area contributed by atoms with Crippen LogP contribution in [0.25, 0.3) is 0 Å². The number of carbonyl (C=O) groups is 1. The standard InChI is InChI=1S/C13H27NO3/c1-2-3-4-5-6-7-8-9-10-17-13(16)12(14)11-15/h12,15H,2-11,14H2,1H3/t12-/m0/s1. The third kappa shape index (κ3) is 10.3. The van der Waals surface area contributed by atoms with Crippen LogP contribution in [0.2, 0.25) is 0 Å². The molecule has 0 heterocycles. The maximum absolute atomic E-state index is 11.1. The Morgan fingerprint density at radius 3 is 2.18 bits per heavy atom. The fourth-order valence-electron chi connectivity index (χ4n) is 1.59. The first-order valence-corrected chi connectivity index (χ1v) is 6.75. The molecule has 0 rings (SSSR count). The van der Waals surface area contributed by atoms with E-state index in [9.17, 15) is 4.79 Å². The molecule has 1 atom stereocenters. The Morgan fingerprint density at radius 2 is 1.65 bits per heavy atom. The van der Waals surface area contributed by atoms with Gasteiger partial charge in [-0.3, -0.25) is 4.79 Å². The van der Waals surface area contributed by atoms with Gasteiger partial charge in [-0.1, -0.05) is 51.9 Å². The lowest BCUT2D eigenvalue weighted by molar-refractivity contribution is -0.146. The first kappa shape index (κ1) is 16.4. The molecule has 0 aromatic rings. The number of aliphatic hydroxyl groups excluding tert-OH is 1. The SMILES string of the molecule is CCCCCCCCCCOC(=O)[C@@H](N)CO. The van der Waals surface area contributed by atoms with E-state index >= 15 is 0 Å². The van der Waals surface area contributed by atoms with Gasteiger partial charge in [-0.2, -0.15) is 0 Å². The molecule has 0 aliphatic heterocycles. The van der Waals surface area contributed by atoms with E-state index in [2.05, 4.69) is 6.92 Å². The van der Waals surface area contributed by atoms with E-state index in [0.717, 1.165) is 12.8 Å². The highest BCUT2D eigenvalue weighted by molar-refractivity contribution is 5.75. The average molecular weight is 245 g/mol.